The Labute approximate surface area is 273 Å². The third-order valence-electron chi connectivity index (χ3n) is 10.2. The van der Waals surface area contributed by atoms with Crippen LogP contribution in [0.5, 0.6) is 0 Å². The Kier molecular flexibility index (Phi) is 9.38. The zero-order valence-corrected chi connectivity index (χ0v) is 28.3. The molecular weight excluding hydrogens is 584 g/mol. The van der Waals surface area contributed by atoms with E-state index in [-0.39, 0.29) is 0 Å². The van der Waals surface area contributed by atoms with Crippen LogP contribution in [0, 0.1) is 0 Å². The molecule has 2 aromatic rings. The molecule has 0 saturated carbocycles. The van der Waals surface area contributed by atoms with Gasteiger partial charge in [-0.05, 0) is 28.2 Å². The first-order valence-electron chi connectivity index (χ1n) is 17.1. The van der Waals surface area contributed by atoms with Gasteiger partial charge in [0.15, 0.2) is 0 Å². The van der Waals surface area contributed by atoms with Gasteiger partial charge in [-0.15, -0.1) is 0 Å². The van der Waals surface area contributed by atoms with Crippen LogP contribution in [0.4, 0.5) is 35.7 Å². The summed E-state index contributed by atoms with van der Waals surface area (Å²) in [5, 5.41) is 0. The van der Waals surface area contributed by atoms with Gasteiger partial charge in [-0.25, -0.2) is 0 Å². The summed E-state index contributed by atoms with van der Waals surface area (Å²) in [5.41, 5.74) is 0. The van der Waals surface area contributed by atoms with Crippen LogP contribution in [0.25, 0.3) is 0 Å². The minimum absolute atomic E-state index is 0.782. The van der Waals surface area contributed by atoms with Crippen molar-refractivity contribution >= 4 is 35.7 Å². The molecule has 0 atom stereocenters. The summed E-state index contributed by atoms with van der Waals surface area (Å²) in [6.45, 7) is 18.8. The summed E-state index contributed by atoms with van der Waals surface area (Å²) in [6, 6.07) is 0. The van der Waals surface area contributed by atoms with Gasteiger partial charge in [0, 0.05) is 131 Å². The second-order valence-corrected chi connectivity index (χ2v) is 13.6. The van der Waals surface area contributed by atoms with Gasteiger partial charge < -0.3 is 49.0 Å². The third kappa shape index (κ3) is 7.14. The van der Waals surface area contributed by atoms with Crippen LogP contribution in [0.1, 0.15) is 0 Å². The molecule has 0 bridgehead atoms. The lowest BCUT2D eigenvalue weighted by molar-refractivity contribution is 0.308. The van der Waals surface area contributed by atoms with Crippen molar-refractivity contribution in [1.29, 1.82) is 0 Å². The van der Waals surface area contributed by atoms with Crippen LogP contribution >= 0.6 is 0 Å². The van der Waals surface area contributed by atoms with Gasteiger partial charge in [0.2, 0.25) is 35.7 Å². The molecular formula is C30H52N16. The summed E-state index contributed by atoms with van der Waals surface area (Å²) in [5.74, 6) is 4.79. The van der Waals surface area contributed by atoms with Gasteiger partial charge in [0.05, 0.1) is 0 Å². The average molecular weight is 637 g/mol. The molecule has 0 amide bonds. The monoisotopic (exact) mass is 636 g/mol. The maximum absolute atomic E-state index is 5.07. The highest BCUT2D eigenvalue weighted by molar-refractivity contribution is 5.51. The highest BCUT2D eigenvalue weighted by Gasteiger charge is 2.29. The molecule has 5 saturated heterocycles. The average Bonchev–Trinajstić information content (AvgIpc) is 3.09. The Morgan fingerprint density at radius 1 is 0.239 bits per heavy atom. The molecule has 5 fully saturated rings. The predicted molar refractivity (Wildman–Crippen MR) is 183 cm³/mol. The van der Waals surface area contributed by atoms with E-state index in [1.54, 1.807) is 0 Å². The van der Waals surface area contributed by atoms with Crippen LogP contribution in [-0.2, 0) is 0 Å². The second-order valence-electron chi connectivity index (χ2n) is 13.6. The van der Waals surface area contributed by atoms with E-state index in [1.165, 1.54) is 0 Å². The molecule has 7 rings (SSSR count). The number of hydrogen-bond donors (Lipinski definition) is 0. The number of piperazine rings is 5. The molecule has 16 heteroatoms. The Bertz CT molecular complexity index is 1110. The molecule has 16 nitrogen and oxygen atoms in total. The fourth-order valence-electron chi connectivity index (χ4n) is 6.67. The van der Waals surface area contributed by atoms with Crippen molar-refractivity contribution in [3.63, 3.8) is 0 Å². The van der Waals surface area contributed by atoms with E-state index in [4.69, 9.17) is 29.9 Å². The molecule has 252 valence electrons. The number of anilines is 6. The van der Waals surface area contributed by atoms with Crippen LogP contribution in [0.2, 0.25) is 0 Å². The van der Waals surface area contributed by atoms with Crippen LogP contribution in [0.3, 0.4) is 0 Å². The van der Waals surface area contributed by atoms with E-state index in [1.807, 2.05) is 0 Å². The summed E-state index contributed by atoms with van der Waals surface area (Å²) >= 11 is 0. The first-order chi connectivity index (χ1) is 22.4. The Morgan fingerprint density at radius 3 is 0.522 bits per heavy atom. The van der Waals surface area contributed by atoms with E-state index in [0.717, 1.165) is 167 Å². The molecule has 0 spiro atoms. The van der Waals surface area contributed by atoms with Crippen LogP contribution in [0.15, 0.2) is 0 Å². The quantitative estimate of drug-likeness (QED) is 0.362. The van der Waals surface area contributed by atoms with Gasteiger partial charge in [-0.3, -0.25) is 0 Å². The highest BCUT2D eigenvalue weighted by Crippen LogP contribution is 2.25. The van der Waals surface area contributed by atoms with Crippen molar-refractivity contribution < 1.29 is 0 Å². The zero-order valence-electron chi connectivity index (χ0n) is 28.3. The Hall–Kier alpha value is -3.34. The van der Waals surface area contributed by atoms with Gasteiger partial charge in [-0.1, -0.05) is 0 Å². The van der Waals surface area contributed by atoms with E-state index < -0.39 is 0 Å². The predicted octanol–water partition coefficient (Wildman–Crippen LogP) is -1.61. The number of likely N-dealkylation sites (N-methyl/N-ethyl adjacent to an activating group) is 4. The van der Waals surface area contributed by atoms with Gasteiger partial charge in [-0.2, -0.15) is 29.9 Å². The molecule has 0 aliphatic carbocycles. The van der Waals surface area contributed by atoms with E-state index in [0.29, 0.717) is 0 Å². The molecule has 0 radical (unpaired) electrons. The number of rotatable bonds is 6. The molecule has 0 N–H and O–H groups in total. The van der Waals surface area contributed by atoms with Crippen molar-refractivity contribution in [2.24, 2.45) is 0 Å². The molecule has 5 aliphatic heterocycles. The smallest absolute Gasteiger partial charge is 0.232 e. The van der Waals surface area contributed by atoms with Gasteiger partial charge >= 0.3 is 0 Å². The Balaban J connectivity index is 1.10. The topological polar surface area (TPSA) is 110 Å². The standard InChI is InChI=1S/C30H52N16/c1-37-5-13-41(14-6-37)25-31-26(42-15-7-38(2)8-16-42)34-29(33-25)45-21-23-46(24-22-45)30-35-27(43-17-9-39(3)10-18-43)32-28(36-30)44-19-11-40(4)12-20-44/h5-24H2,1-4H3. The maximum Gasteiger partial charge on any atom is 0.232 e. The largest absolute Gasteiger partial charge is 0.338 e. The SMILES string of the molecule is CN1CCN(c2nc(N3CCN(C)CC3)nc(N3CCN(c4nc(N5CCN(C)CC5)nc(N5CCN(C)CC5)n4)CC3)n2)CC1. The highest BCUT2D eigenvalue weighted by atomic mass is 15.5. The lowest BCUT2D eigenvalue weighted by atomic mass is 10.3. The first kappa shape index (κ1) is 31.3. The fraction of sp³-hybridized carbons (Fsp3) is 0.800. The van der Waals surface area contributed by atoms with Crippen molar-refractivity contribution in [2.45, 2.75) is 0 Å². The summed E-state index contributed by atoms with van der Waals surface area (Å²) < 4.78 is 0. The molecule has 46 heavy (non-hydrogen) atoms. The lowest BCUT2D eigenvalue weighted by Crippen LogP contribution is -2.50. The maximum atomic E-state index is 5.07. The van der Waals surface area contributed by atoms with Crippen molar-refractivity contribution in [1.82, 2.24) is 49.5 Å². The zero-order chi connectivity index (χ0) is 31.6. The minimum atomic E-state index is 0.782. The number of nitrogens with zero attached hydrogens (tertiary/aromatic N) is 16. The van der Waals surface area contributed by atoms with E-state index >= 15 is 0 Å². The number of hydrogen-bond acceptors (Lipinski definition) is 16. The molecule has 0 unspecified atom stereocenters. The lowest BCUT2D eigenvalue weighted by Gasteiger charge is -2.38. The number of aromatic nitrogens is 6. The van der Waals surface area contributed by atoms with E-state index in [9.17, 15) is 0 Å². The molecule has 5 aliphatic rings. The summed E-state index contributed by atoms with van der Waals surface area (Å²) in [7, 11) is 8.72. The fourth-order valence-corrected chi connectivity index (χ4v) is 6.67. The summed E-state index contributed by atoms with van der Waals surface area (Å²) in [4.78, 5) is 53.7. The normalized spacial score (nSPS) is 23.5. The van der Waals surface area contributed by atoms with Crippen molar-refractivity contribution in [3.8, 4) is 0 Å². The van der Waals surface area contributed by atoms with Crippen LogP contribution in [-0.4, -0.2) is 209 Å². The Morgan fingerprint density at radius 2 is 0.370 bits per heavy atom. The minimum Gasteiger partial charge on any atom is -0.338 e. The van der Waals surface area contributed by atoms with E-state index in [2.05, 4.69) is 77.2 Å². The molecule has 0 aromatic carbocycles. The first-order valence-corrected chi connectivity index (χ1v) is 17.1. The van der Waals surface area contributed by atoms with Crippen molar-refractivity contribution in [3.05, 3.63) is 0 Å². The van der Waals surface area contributed by atoms with Crippen molar-refractivity contribution in [2.75, 3.05) is 188 Å². The summed E-state index contributed by atoms with van der Waals surface area (Å²) in [6.07, 6.45) is 0. The van der Waals surface area contributed by atoms with Gasteiger partial charge in [0.1, 0.15) is 0 Å². The van der Waals surface area contributed by atoms with Gasteiger partial charge in [0.25, 0.3) is 0 Å². The molecule has 7 heterocycles. The molecule has 2 aromatic heterocycles. The van der Waals surface area contributed by atoms with Crippen LogP contribution < -0.4 is 29.4 Å². The third-order valence-corrected chi connectivity index (χ3v) is 10.2. The second kappa shape index (κ2) is 13.8.